The molecule has 6 nitrogen and oxygen atoms in total. The van der Waals surface area contributed by atoms with Crippen LogP contribution in [0.4, 0.5) is 0 Å². The summed E-state index contributed by atoms with van der Waals surface area (Å²) < 4.78 is 12.6. The van der Waals surface area contributed by atoms with E-state index in [1.54, 1.807) is 25.9 Å². The molecule has 0 fully saturated rings. The Kier molecular flexibility index (Phi) is 6.81. The minimum Gasteiger partial charge on any atom is -0.462 e. The van der Waals surface area contributed by atoms with Crippen LogP contribution in [0.1, 0.15) is 36.4 Å². The van der Waals surface area contributed by atoms with Gasteiger partial charge in [0.05, 0.1) is 24.4 Å². The number of aryl methyl sites for hydroxylation is 2. The third-order valence-corrected chi connectivity index (χ3v) is 5.64. The summed E-state index contributed by atoms with van der Waals surface area (Å²) in [6.07, 6.45) is 1.81. The lowest BCUT2D eigenvalue weighted by atomic mass is 10.0. The van der Waals surface area contributed by atoms with E-state index in [9.17, 15) is 9.59 Å². The number of esters is 1. The number of allylic oxidation sites excluding steroid dienone is 1. The lowest BCUT2D eigenvalue weighted by Crippen LogP contribution is -2.28. The molecule has 1 aliphatic rings. The van der Waals surface area contributed by atoms with Crippen LogP contribution in [0.15, 0.2) is 47.2 Å². The molecule has 0 saturated heterocycles. The van der Waals surface area contributed by atoms with E-state index in [4.69, 9.17) is 9.47 Å². The molecule has 0 radical (unpaired) electrons. The van der Waals surface area contributed by atoms with Crippen LogP contribution in [0.5, 0.6) is 0 Å². The summed E-state index contributed by atoms with van der Waals surface area (Å²) >= 11 is 0. The summed E-state index contributed by atoms with van der Waals surface area (Å²) in [5.41, 5.74) is 6.49. The molecule has 1 aliphatic heterocycles. The molecule has 6 heteroatoms. The highest BCUT2D eigenvalue weighted by molar-refractivity contribution is 6.16. The minimum absolute atomic E-state index is 0.210. The van der Waals surface area contributed by atoms with Gasteiger partial charge < -0.3 is 18.9 Å². The molecule has 0 atom stereocenters. The molecule has 2 aromatic rings. The van der Waals surface area contributed by atoms with Gasteiger partial charge in [-0.1, -0.05) is 18.2 Å². The van der Waals surface area contributed by atoms with Crippen molar-refractivity contribution in [1.82, 2.24) is 9.47 Å². The van der Waals surface area contributed by atoms with Crippen LogP contribution in [0.3, 0.4) is 0 Å². The molecule has 0 spiro atoms. The van der Waals surface area contributed by atoms with Gasteiger partial charge in [0.15, 0.2) is 0 Å². The van der Waals surface area contributed by atoms with E-state index in [1.165, 1.54) is 0 Å². The van der Waals surface area contributed by atoms with Gasteiger partial charge in [0.25, 0.3) is 5.91 Å². The molecule has 0 saturated carbocycles. The van der Waals surface area contributed by atoms with E-state index in [0.29, 0.717) is 30.0 Å². The number of benzene rings is 1. The molecule has 0 aliphatic carbocycles. The Hall–Kier alpha value is -3.12. The first-order valence-electron chi connectivity index (χ1n) is 10.5. The van der Waals surface area contributed by atoms with E-state index in [1.807, 2.05) is 38.1 Å². The number of carbonyl (C=O) groups is 2. The first-order valence-corrected chi connectivity index (χ1v) is 10.5. The van der Waals surface area contributed by atoms with Crippen molar-refractivity contribution in [3.05, 3.63) is 69.7 Å². The second-order valence-corrected chi connectivity index (χ2v) is 7.64. The molecule has 1 amide bonds. The lowest BCUT2D eigenvalue weighted by Gasteiger charge is -2.16. The highest BCUT2D eigenvalue weighted by atomic mass is 16.5. The van der Waals surface area contributed by atoms with Gasteiger partial charge in [-0.15, -0.1) is 0 Å². The highest BCUT2D eigenvalue weighted by Gasteiger charge is 2.37. The van der Waals surface area contributed by atoms with Crippen LogP contribution >= 0.6 is 0 Å². The van der Waals surface area contributed by atoms with Crippen molar-refractivity contribution in [2.75, 3.05) is 26.9 Å². The zero-order valence-electron chi connectivity index (χ0n) is 19.1. The maximum Gasteiger partial charge on any atom is 0.340 e. The van der Waals surface area contributed by atoms with Gasteiger partial charge in [0, 0.05) is 36.4 Å². The normalized spacial score (nSPS) is 15.4. The van der Waals surface area contributed by atoms with Gasteiger partial charge in [-0.25, -0.2) is 4.79 Å². The summed E-state index contributed by atoms with van der Waals surface area (Å²) in [5, 5.41) is 0. The second kappa shape index (κ2) is 9.35. The Balaban J connectivity index is 2.11. The topological polar surface area (TPSA) is 60.8 Å². The fourth-order valence-electron chi connectivity index (χ4n) is 4.06. The minimum atomic E-state index is -0.479. The van der Waals surface area contributed by atoms with Crippen LogP contribution in [0.2, 0.25) is 0 Å². The fourth-order valence-corrected chi connectivity index (χ4v) is 4.06. The predicted octanol–water partition coefficient (Wildman–Crippen LogP) is 4.11. The van der Waals surface area contributed by atoms with Crippen LogP contribution in [-0.4, -0.2) is 48.2 Å². The van der Waals surface area contributed by atoms with E-state index < -0.39 is 5.97 Å². The maximum atomic E-state index is 13.2. The molecule has 1 aromatic heterocycles. The van der Waals surface area contributed by atoms with Crippen molar-refractivity contribution in [1.29, 1.82) is 0 Å². The van der Waals surface area contributed by atoms with Crippen molar-refractivity contribution in [2.45, 2.75) is 34.6 Å². The number of amides is 1. The van der Waals surface area contributed by atoms with Gasteiger partial charge in [0.1, 0.15) is 0 Å². The summed E-state index contributed by atoms with van der Waals surface area (Å²) in [6.45, 7) is 10.7. The van der Waals surface area contributed by atoms with Gasteiger partial charge in [-0.05, 0) is 64.0 Å². The summed E-state index contributed by atoms with van der Waals surface area (Å²) in [7, 11) is 1.59. The molecular weight excluding hydrogens is 392 g/mol. The molecule has 31 heavy (non-hydrogen) atoms. The van der Waals surface area contributed by atoms with Crippen LogP contribution < -0.4 is 0 Å². The van der Waals surface area contributed by atoms with E-state index >= 15 is 0 Å². The maximum absolute atomic E-state index is 13.2. The average molecular weight is 423 g/mol. The van der Waals surface area contributed by atoms with Gasteiger partial charge >= 0.3 is 5.97 Å². The molecule has 2 heterocycles. The second-order valence-electron chi connectivity index (χ2n) is 7.64. The Morgan fingerprint density at radius 2 is 1.84 bits per heavy atom. The monoisotopic (exact) mass is 422 g/mol. The number of rotatable bonds is 7. The van der Waals surface area contributed by atoms with Crippen molar-refractivity contribution in [2.24, 2.45) is 0 Å². The highest BCUT2D eigenvalue weighted by Crippen LogP contribution is 2.33. The SMILES string of the molecule is CCOC(=O)C1=C(C)N(CCOC)C(=O)/C1=C\c1cc(C)n(-c2ccccc2C)c1C. The Bertz CT molecular complexity index is 1080. The van der Waals surface area contributed by atoms with Crippen LogP contribution in [0.25, 0.3) is 11.8 Å². The summed E-state index contributed by atoms with van der Waals surface area (Å²) in [4.78, 5) is 27.5. The van der Waals surface area contributed by atoms with Crippen LogP contribution in [-0.2, 0) is 19.1 Å². The average Bonchev–Trinajstić information content (AvgIpc) is 3.13. The summed E-state index contributed by atoms with van der Waals surface area (Å²) in [5.74, 6) is -0.689. The van der Waals surface area contributed by atoms with Gasteiger partial charge in [-0.2, -0.15) is 0 Å². The quantitative estimate of drug-likeness (QED) is 0.498. The standard InChI is InChI=1S/C25H30N2O4/c1-7-31-25(29)23-19(5)26(12-13-30-6)24(28)21(23)15-20-14-17(3)27(18(20)4)22-11-9-8-10-16(22)2/h8-11,14-15H,7,12-13H2,1-6H3/b21-15-. The molecule has 0 N–H and O–H groups in total. The number of hydrogen-bond donors (Lipinski definition) is 0. The number of nitrogens with zero attached hydrogens (tertiary/aromatic N) is 2. The first kappa shape index (κ1) is 22.6. The van der Waals surface area contributed by atoms with Gasteiger partial charge in [0.2, 0.25) is 0 Å². The number of methoxy groups -OCH3 is 1. The van der Waals surface area contributed by atoms with Crippen molar-refractivity contribution in [3.63, 3.8) is 0 Å². The number of hydrogen-bond acceptors (Lipinski definition) is 4. The molecule has 1 aromatic carbocycles. The smallest absolute Gasteiger partial charge is 0.340 e. The Morgan fingerprint density at radius 3 is 2.48 bits per heavy atom. The van der Waals surface area contributed by atoms with E-state index in [2.05, 4.69) is 23.6 Å². The fraction of sp³-hybridized carbons (Fsp3) is 0.360. The predicted molar refractivity (Wildman–Crippen MR) is 121 cm³/mol. The Morgan fingerprint density at radius 1 is 1.13 bits per heavy atom. The summed E-state index contributed by atoms with van der Waals surface area (Å²) in [6, 6.07) is 10.2. The molecular formula is C25H30N2O4. The number of aromatic nitrogens is 1. The number of ether oxygens (including phenoxy) is 2. The van der Waals surface area contributed by atoms with Gasteiger partial charge in [-0.3, -0.25) is 4.79 Å². The van der Waals surface area contributed by atoms with Crippen molar-refractivity contribution < 1.29 is 19.1 Å². The first-order chi connectivity index (χ1) is 14.8. The number of para-hydroxylation sites is 1. The molecule has 0 bridgehead atoms. The van der Waals surface area contributed by atoms with Crippen molar-refractivity contribution >= 4 is 18.0 Å². The van der Waals surface area contributed by atoms with E-state index in [-0.39, 0.29) is 12.5 Å². The van der Waals surface area contributed by atoms with Crippen molar-refractivity contribution in [3.8, 4) is 5.69 Å². The zero-order chi connectivity index (χ0) is 22.7. The number of carbonyl (C=O) groups excluding carboxylic acids is 2. The third kappa shape index (κ3) is 4.21. The Labute approximate surface area is 183 Å². The molecule has 3 rings (SSSR count). The third-order valence-electron chi connectivity index (χ3n) is 5.64. The lowest BCUT2D eigenvalue weighted by molar-refractivity contribution is -0.138. The van der Waals surface area contributed by atoms with E-state index in [0.717, 1.165) is 28.2 Å². The molecule has 0 unspecified atom stereocenters. The molecule has 164 valence electrons. The zero-order valence-corrected chi connectivity index (χ0v) is 19.1. The largest absolute Gasteiger partial charge is 0.462 e. The van der Waals surface area contributed by atoms with Crippen LogP contribution in [0, 0.1) is 20.8 Å².